The molecule has 0 spiro atoms. The highest BCUT2D eigenvalue weighted by Gasteiger charge is 2.36. The molecule has 9 heteroatoms. The molecule has 3 N–H and O–H groups in total. The zero-order valence-corrected chi connectivity index (χ0v) is 21.8. The molecule has 39 heavy (non-hydrogen) atoms. The first-order valence-electron chi connectivity index (χ1n) is 13.3. The number of hydrogen-bond donors (Lipinski definition) is 3. The molecule has 4 aromatic rings. The Labute approximate surface area is 225 Å². The summed E-state index contributed by atoms with van der Waals surface area (Å²) in [5.74, 6) is 0.893. The Morgan fingerprint density at radius 2 is 1.92 bits per heavy atom. The lowest BCUT2D eigenvalue weighted by Gasteiger charge is -2.42. The number of benzene rings is 2. The van der Waals surface area contributed by atoms with Crippen LogP contribution in [-0.2, 0) is 13.0 Å². The van der Waals surface area contributed by atoms with E-state index in [1.54, 1.807) is 48.4 Å². The average molecular weight is 526 g/mol. The minimum absolute atomic E-state index is 0.0180. The number of nitrogens with one attached hydrogen (secondary N) is 3. The van der Waals surface area contributed by atoms with Crippen LogP contribution in [0.3, 0.4) is 0 Å². The molecular weight excluding hydrogens is 494 g/mol. The van der Waals surface area contributed by atoms with Crippen molar-refractivity contribution in [3.63, 3.8) is 0 Å². The van der Waals surface area contributed by atoms with Crippen molar-refractivity contribution in [2.75, 3.05) is 32.1 Å². The number of carbonyl (C=O) groups excluding carboxylic acids is 2. The Balaban J connectivity index is 1.10. The Morgan fingerprint density at radius 3 is 2.79 bits per heavy atom. The standard InChI is InChI=1S/C30H31N5O4/c1-39-22-9-10-25-24(14-22)20(15-32-25)11-12-31-29(37)23-5-2-3-6-26(23)33-30(38)34-16-19-13-21(18-34)27-7-4-8-28(36)35(27)17-19/h2-10,14-15,19,21,32H,11-13,16-18H2,1H3,(H,31,37)(H,33,38)/t19-,21+/m1/s1. The number of piperidine rings is 1. The summed E-state index contributed by atoms with van der Waals surface area (Å²) in [5, 5.41) is 7.02. The predicted molar refractivity (Wildman–Crippen MR) is 149 cm³/mol. The number of carbonyl (C=O) groups is 2. The normalized spacial score (nSPS) is 17.9. The first kappa shape index (κ1) is 24.8. The molecule has 3 amide bonds. The highest BCUT2D eigenvalue weighted by atomic mass is 16.5. The molecule has 1 fully saturated rings. The smallest absolute Gasteiger partial charge is 0.321 e. The molecule has 6 rings (SSSR count). The highest BCUT2D eigenvalue weighted by molar-refractivity contribution is 6.03. The minimum atomic E-state index is -0.243. The SMILES string of the molecule is COc1ccc2[nH]cc(CCNC(=O)c3ccccc3NC(=O)N3C[C@H]4C[C@@H](C3)c3cccc(=O)n3C4)c2c1. The molecule has 0 radical (unpaired) electrons. The van der Waals surface area contributed by atoms with Crippen molar-refractivity contribution in [2.45, 2.75) is 25.3 Å². The van der Waals surface area contributed by atoms with Crippen molar-refractivity contribution in [3.8, 4) is 5.75 Å². The van der Waals surface area contributed by atoms with Gasteiger partial charge in [0.05, 0.1) is 18.4 Å². The van der Waals surface area contributed by atoms with Gasteiger partial charge in [-0.2, -0.15) is 0 Å². The molecule has 2 aromatic carbocycles. The summed E-state index contributed by atoms with van der Waals surface area (Å²) in [7, 11) is 1.64. The topological polar surface area (TPSA) is 108 Å². The van der Waals surface area contributed by atoms with E-state index in [1.807, 2.05) is 35.0 Å². The maximum Gasteiger partial charge on any atom is 0.321 e. The fourth-order valence-electron chi connectivity index (χ4n) is 5.94. The molecule has 200 valence electrons. The van der Waals surface area contributed by atoms with E-state index in [-0.39, 0.29) is 29.3 Å². The van der Waals surface area contributed by atoms with Crippen LogP contribution in [0.5, 0.6) is 5.75 Å². The lowest BCUT2D eigenvalue weighted by molar-refractivity contribution is 0.0955. The Kier molecular flexibility index (Phi) is 6.56. The number of pyridine rings is 1. The van der Waals surface area contributed by atoms with Crippen LogP contribution in [0.15, 0.2) is 71.7 Å². The van der Waals surface area contributed by atoms with Crippen LogP contribution in [0, 0.1) is 5.92 Å². The van der Waals surface area contributed by atoms with Gasteiger partial charge in [-0.05, 0) is 60.7 Å². The second-order valence-electron chi connectivity index (χ2n) is 10.3. The Morgan fingerprint density at radius 1 is 1.05 bits per heavy atom. The zero-order valence-electron chi connectivity index (χ0n) is 21.8. The lowest BCUT2D eigenvalue weighted by Crippen LogP contribution is -2.50. The maximum atomic E-state index is 13.3. The summed E-state index contributed by atoms with van der Waals surface area (Å²) in [4.78, 5) is 43.8. The maximum absolute atomic E-state index is 13.3. The van der Waals surface area contributed by atoms with Gasteiger partial charge in [0.25, 0.3) is 11.5 Å². The van der Waals surface area contributed by atoms with Crippen molar-refractivity contribution in [3.05, 3.63) is 94.0 Å². The van der Waals surface area contributed by atoms with E-state index in [2.05, 4.69) is 15.6 Å². The van der Waals surface area contributed by atoms with E-state index < -0.39 is 0 Å². The number of likely N-dealkylation sites (tertiary alicyclic amines) is 1. The fourth-order valence-corrected chi connectivity index (χ4v) is 5.94. The molecule has 2 aromatic heterocycles. The molecule has 9 nitrogen and oxygen atoms in total. The lowest BCUT2D eigenvalue weighted by atomic mass is 9.83. The van der Waals surface area contributed by atoms with Crippen molar-refractivity contribution in [2.24, 2.45) is 5.92 Å². The quantitative estimate of drug-likeness (QED) is 0.354. The number of nitrogens with zero attached hydrogens (tertiary/aromatic N) is 2. The van der Waals surface area contributed by atoms with Gasteiger partial charge in [0, 0.05) is 61.0 Å². The third-order valence-electron chi connectivity index (χ3n) is 7.83. The number of ether oxygens (including phenoxy) is 1. The molecule has 1 saturated heterocycles. The largest absolute Gasteiger partial charge is 0.497 e. The van der Waals surface area contributed by atoms with Crippen LogP contribution in [0.4, 0.5) is 10.5 Å². The number of aromatic nitrogens is 2. The minimum Gasteiger partial charge on any atom is -0.497 e. The predicted octanol–water partition coefficient (Wildman–Crippen LogP) is 3.96. The van der Waals surface area contributed by atoms with Gasteiger partial charge in [0.1, 0.15) is 5.75 Å². The Bertz CT molecular complexity index is 1610. The summed E-state index contributed by atoms with van der Waals surface area (Å²) >= 11 is 0. The first-order valence-corrected chi connectivity index (χ1v) is 13.3. The van der Waals surface area contributed by atoms with Crippen molar-refractivity contribution >= 4 is 28.5 Å². The van der Waals surface area contributed by atoms with E-state index in [1.165, 1.54) is 0 Å². The number of amides is 3. The number of rotatable bonds is 6. The van der Waals surface area contributed by atoms with Gasteiger partial charge in [0.2, 0.25) is 0 Å². The molecule has 2 bridgehead atoms. The van der Waals surface area contributed by atoms with Gasteiger partial charge < -0.3 is 29.8 Å². The number of urea groups is 1. The van der Waals surface area contributed by atoms with Gasteiger partial charge in [-0.15, -0.1) is 0 Å². The van der Waals surface area contributed by atoms with Gasteiger partial charge in [0.15, 0.2) is 0 Å². The molecule has 0 aliphatic carbocycles. The second-order valence-corrected chi connectivity index (χ2v) is 10.3. The molecule has 2 atom stereocenters. The highest BCUT2D eigenvalue weighted by Crippen LogP contribution is 2.35. The van der Waals surface area contributed by atoms with Gasteiger partial charge in [-0.3, -0.25) is 9.59 Å². The summed E-state index contributed by atoms with van der Waals surface area (Å²) in [5.41, 5.74) is 4.01. The van der Waals surface area contributed by atoms with Crippen LogP contribution in [-0.4, -0.2) is 53.1 Å². The molecule has 2 aliphatic heterocycles. The van der Waals surface area contributed by atoms with Gasteiger partial charge >= 0.3 is 6.03 Å². The van der Waals surface area contributed by atoms with Crippen LogP contribution in [0.2, 0.25) is 0 Å². The molecule has 4 heterocycles. The van der Waals surface area contributed by atoms with E-state index in [0.717, 1.165) is 34.3 Å². The Hall–Kier alpha value is -4.53. The van der Waals surface area contributed by atoms with Gasteiger partial charge in [-0.1, -0.05) is 18.2 Å². The zero-order chi connectivity index (χ0) is 26.9. The summed E-state index contributed by atoms with van der Waals surface area (Å²) < 4.78 is 7.19. The molecule has 2 aliphatic rings. The van der Waals surface area contributed by atoms with E-state index in [4.69, 9.17) is 4.74 Å². The summed E-state index contributed by atoms with van der Waals surface area (Å²) in [6.07, 6.45) is 3.57. The van der Waals surface area contributed by atoms with Crippen LogP contribution < -0.4 is 20.9 Å². The summed E-state index contributed by atoms with van der Waals surface area (Å²) in [6.45, 7) is 2.18. The van der Waals surface area contributed by atoms with Gasteiger partial charge in [-0.25, -0.2) is 4.79 Å². The fraction of sp³-hybridized carbons (Fsp3) is 0.300. The number of anilines is 1. The third kappa shape index (κ3) is 4.87. The third-order valence-corrected chi connectivity index (χ3v) is 7.83. The van der Waals surface area contributed by atoms with Crippen molar-refractivity contribution < 1.29 is 14.3 Å². The summed E-state index contributed by atoms with van der Waals surface area (Å²) in [6, 6.07) is 18.1. The number of para-hydroxylation sites is 1. The number of H-pyrrole nitrogens is 1. The van der Waals surface area contributed by atoms with E-state index in [9.17, 15) is 14.4 Å². The number of aromatic amines is 1. The molecular formula is C30H31N5O4. The van der Waals surface area contributed by atoms with Crippen LogP contribution in [0.1, 0.15) is 34.0 Å². The molecule has 0 unspecified atom stereocenters. The number of methoxy groups -OCH3 is 1. The number of hydrogen-bond acceptors (Lipinski definition) is 4. The second kappa shape index (κ2) is 10.3. The first-order chi connectivity index (χ1) is 19.0. The van der Waals surface area contributed by atoms with E-state index >= 15 is 0 Å². The van der Waals surface area contributed by atoms with Crippen LogP contribution in [0.25, 0.3) is 10.9 Å². The average Bonchev–Trinajstić information content (AvgIpc) is 3.35. The monoisotopic (exact) mass is 525 g/mol. The van der Waals surface area contributed by atoms with Crippen molar-refractivity contribution in [1.82, 2.24) is 19.8 Å². The molecule has 0 saturated carbocycles. The van der Waals surface area contributed by atoms with Crippen molar-refractivity contribution in [1.29, 1.82) is 0 Å². The van der Waals surface area contributed by atoms with Crippen LogP contribution >= 0.6 is 0 Å². The number of fused-ring (bicyclic) bond motifs is 5. The van der Waals surface area contributed by atoms with E-state index in [0.29, 0.717) is 43.9 Å².